The minimum Gasteiger partial charge on any atom is -0.374 e. The second kappa shape index (κ2) is 9.33. The third kappa shape index (κ3) is 6.36. The van der Waals surface area contributed by atoms with Gasteiger partial charge in [0.2, 0.25) is 0 Å². The van der Waals surface area contributed by atoms with E-state index in [9.17, 15) is 0 Å². The van der Waals surface area contributed by atoms with Crippen LogP contribution in [-0.2, 0) is 17.9 Å². The van der Waals surface area contributed by atoms with Gasteiger partial charge in [-0.2, -0.15) is 11.8 Å². The van der Waals surface area contributed by atoms with E-state index in [1.54, 1.807) is 0 Å². The van der Waals surface area contributed by atoms with Crippen LogP contribution < -0.4 is 10.6 Å². The highest BCUT2D eigenvalue weighted by molar-refractivity contribution is 8.00. The van der Waals surface area contributed by atoms with Gasteiger partial charge in [0.15, 0.2) is 5.96 Å². The van der Waals surface area contributed by atoms with Gasteiger partial charge < -0.3 is 15.4 Å². The fourth-order valence-corrected chi connectivity index (χ4v) is 3.91. The van der Waals surface area contributed by atoms with Crippen molar-refractivity contribution >= 4 is 17.7 Å². The molecule has 24 heavy (non-hydrogen) atoms. The predicted molar refractivity (Wildman–Crippen MR) is 105 cm³/mol. The Balaban J connectivity index is 1.76. The third-order valence-electron chi connectivity index (χ3n) is 4.22. The molecule has 0 spiro atoms. The number of aliphatic imine (C=N–C) groups is 1. The number of benzene rings is 1. The Hall–Kier alpha value is -1.20. The lowest BCUT2D eigenvalue weighted by atomic mass is 10.1. The van der Waals surface area contributed by atoms with Crippen LogP contribution >= 0.6 is 11.8 Å². The van der Waals surface area contributed by atoms with Crippen molar-refractivity contribution in [2.45, 2.75) is 57.6 Å². The van der Waals surface area contributed by atoms with Crippen molar-refractivity contribution in [3.05, 3.63) is 35.4 Å². The molecule has 1 aliphatic heterocycles. The van der Waals surface area contributed by atoms with E-state index in [-0.39, 0.29) is 6.10 Å². The average Bonchev–Trinajstić information content (AvgIpc) is 3.01. The Morgan fingerprint density at radius 2 is 1.96 bits per heavy atom. The van der Waals surface area contributed by atoms with Gasteiger partial charge in [-0.1, -0.05) is 24.3 Å². The van der Waals surface area contributed by atoms with Crippen molar-refractivity contribution in [1.29, 1.82) is 0 Å². The molecule has 1 aliphatic rings. The molecule has 0 amide bonds. The fraction of sp³-hybridized carbons (Fsp3) is 0.632. The van der Waals surface area contributed by atoms with Gasteiger partial charge >= 0.3 is 0 Å². The van der Waals surface area contributed by atoms with Crippen molar-refractivity contribution in [2.24, 2.45) is 4.99 Å². The molecule has 2 N–H and O–H groups in total. The number of hydrogen-bond acceptors (Lipinski definition) is 3. The number of nitrogens with zero attached hydrogens (tertiary/aromatic N) is 1. The number of ether oxygens (including phenoxy) is 1. The lowest BCUT2D eigenvalue weighted by Gasteiger charge is -2.24. The van der Waals surface area contributed by atoms with Gasteiger partial charge in [-0.25, -0.2) is 0 Å². The first-order valence-electron chi connectivity index (χ1n) is 8.79. The van der Waals surface area contributed by atoms with E-state index < -0.39 is 0 Å². The molecule has 134 valence electrons. The molecule has 1 saturated heterocycles. The number of guanidine groups is 1. The molecule has 1 fully saturated rings. The van der Waals surface area contributed by atoms with Gasteiger partial charge in [0, 0.05) is 24.9 Å². The summed E-state index contributed by atoms with van der Waals surface area (Å²) in [6.45, 7) is 8.86. The summed E-state index contributed by atoms with van der Waals surface area (Å²) in [5.41, 5.74) is 2.45. The molecule has 5 heteroatoms. The number of rotatable bonds is 7. The summed E-state index contributed by atoms with van der Waals surface area (Å²) in [7, 11) is 1.83. The van der Waals surface area contributed by atoms with Gasteiger partial charge in [0.25, 0.3) is 0 Å². The maximum absolute atomic E-state index is 5.63. The van der Waals surface area contributed by atoms with E-state index in [4.69, 9.17) is 4.74 Å². The summed E-state index contributed by atoms with van der Waals surface area (Å²) in [5, 5.41) is 6.86. The van der Waals surface area contributed by atoms with Gasteiger partial charge in [0.1, 0.15) is 0 Å². The van der Waals surface area contributed by atoms with Crippen molar-refractivity contribution in [2.75, 3.05) is 19.3 Å². The zero-order valence-corrected chi connectivity index (χ0v) is 16.2. The molecule has 0 aliphatic carbocycles. The molecule has 0 bridgehead atoms. The molecule has 0 saturated carbocycles. The molecule has 1 aromatic carbocycles. The van der Waals surface area contributed by atoms with Crippen LogP contribution in [0.1, 0.15) is 44.7 Å². The molecule has 1 unspecified atom stereocenters. The smallest absolute Gasteiger partial charge is 0.191 e. The Morgan fingerprint density at radius 3 is 2.54 bits per heavy atom. The molecule has 4 nitrogen and oxygen atoms in total. The van der Waals surface area contributed by atoms with Crippen LogP contribution in [0.5, 0.6) is 0 Å². The van der Waals surface area contributed by atoms with E-state index in [0.29, 0.717) is 11.4 Å². The fourth-order valence-electron chi connectivity index (χ4n) is 2.67. The van der Waals surface area contributed by atoms with Crippen LogP contribution in [0, 0.1) is 0 Å². The molecule has 1 atom stereocenters. The highest BCUT2D eigenvalue weighted by Crippen LogP contribution is 2.36. The van der Waals surface area contributed by atoms with E-state index >= 15 is 0 Å². The van der Waals surface area contributed by atoms with Gasteiger partial charge in [-0.15, -0.1) is 0 Å². The topological polar surface area (TPSA) is 45.7 Å². The standard InChI is InChI=1S/C19H31N3OS/c1-15(2)23-13-17-8-6-16(7-9-17)12-21-18(20-4)22-14-19(3)10-5-11-24-19/h6-9,15H,5,10-14H2,1-4H3,(H2,20,21,22). The summed E-state index contributed by atoms with van der Waals surface area (Å²) >= 11 is 2.06. The first-order valence-corrected chi connectivity index (χ1v) is 9.77. The van der Waals surface area contributed by atoms with E-state index in [1.165, 1.54) is 29.7 Å². The molecule has 1 aromatic rings. The molecular weight excluding hydrogens is 318 g/mol. The number of thioether (sulfide) groups is 1. The van der Waals surface area contributed by atoms with Gasteiger partial charge in [-0.3, -0.25) is 4.99 Å². The van der Waals surface area contributed by atoms with E-state index in [2.05, 4.69) is 72.4 Å². The summed E-state index contributed by atoms with van der Waals surface area (Å²) in [4.78, 5) is 4.33. The quantitative estimate of drug-likeness (QED) is 0.584. The summed E-state index contributed by atoms with van der Waals surface area (Å²) in [6.07, 6.45) is 2.86. The lowest BCUT2D eigenvalue weighted by Crippen LogP contribution is -2.43. The summed E-state index contributed by atoms with van der Waals surface area (Å²) in [6, 6.07) is 8.55. The van der Waals surface area contributed by atoms with Crippen molar-refractivity contribution in [3.8, 4) is 0 Å². The summed E-state index contributed by atoms with van der Waals surface area (Å²) < 4.78 is 5.97. The maximum atomic E-state index is 5.63. The predicted octanol–water partition coefficient (Wildman–Crippen LogP) is 3.56. The molecule has 1 heterocycles. The molecular formula is C19H31N3OS. The van der Waals surface area contributed by atoms with Crippen molar-refractivity contribution < 1.29 is 4.74 Å². The van der Waals surface area contributed by atoms with Crippen LogP contribution in [0.3, 0.4) is 0 Å². The highest BCUT2D eigenvalue weighted by Gasteiger charge is 2.29. The zero-order valence-electron chi connectivity index (χ0n) is 15.4. The van der Waals surface area contributed by atoms with Crippen LogP contribution in [0.15, 0.2) is 29.3 Å². The molecule has 0 aromatic heterocycles. The van der Waals surface area contributed by atoms with Crippen LogP contribution in [0.4, 0.5) is 0 Å². The van der Waals surface area contributed by atoms with Crippen LogP contribution in [-0.4, -0.2) is 36.2 Å². The zero-order chi connectivity index (χ0) is 17.4. The Bertz CT molecular complexity index is 522. The lowest BCUT2D eigenvalue weighted by molar-refractivity contribution is 0.0657. The van der Waals surface area contributed by atoms with Gasteiger partial charge in [-0.05, 0) is 50.5 Å². The van der Waals surface area contributed by atoms with Crippen LogP contribution in [0.25, 0.3) is 0 Å². The van der Waals surface area contributed by atoms with Gasteiger partial charge in [0.05, 0.1) is 12.7 Å². The minimum atomic E-state index is 0.264. The van der Waals surface area contributed by atoms with Crippen LogP contribution in [0.2, 0.25) is 0 Å². The normalized spacial score (nSPS) is 21.3. The van der Waals surface area contributed by atoms with Crippen molar-refractivity contribution in [1.82, 2.24) is 10.6 Å². The largest absolute Gasteiger partial charge is 0.374 e. The number of hydrogen-bond donors (Lipinski definition) is 2. The second-order valence-electron chi connectivity index (χ2n) is 6.86. The second-order valence-corrected chi connectivity index (χ2v) is 8.54. The molecule has 0 radical (unpaired) electrons. The molecule has 2 rings (SSSR count). The Morgan fingerprint density at radius 1 is 1.25 bits per heavy atom. The Kier molecular flexibility index (Phi) is 7.43. The summed E-state index contributed by atoms with van der Waals surface area (Å²) in [5.74, 6) is 2.15. The highest BCUT2D eigenvalue weighted by atomic mass is 32.2. The minimum absolute atomic E-state index is 0.264. The first kappa shape index (κ1) is 19.1. The monoisotopic (exact) mass is 349 g/mol. The van der Waals surface area contributed by atoms with Crippen molar-refractivity contribution in [3.63, 3.8) is 0 Å². The first-order chi connectivity index (χ1) is 11.5. The average molecular weight is 350 g/mol. The third-order valence-corrected chi connectivity index (χ3v) is 5.76. The van der Waals surface area contributed by atoms with E-state index in [1.807, 2.05) is 7.05 Å². The number of nitrogens with one attached hydrogen (secondary N) is 2. The van der Waals surface area contributed by atoms with E-state index in [0.717, 1.165) is 19.0 Å². The SMILES string of the molecule is CN=C(NCc1ccc(COC(C)C)cc1)NCC1(C)CCCS1. The maximum Gasteiger partial charge on any atom is 0.191 e. The Labute approximate surface area is 150 Å².